The molecule has 2 fully saturated rings. The second kappa shape index (κ2) is 13.4. The summed E-state index contributed by atoms with van der Waals surface area (Å²) in [6, 6.07) is 11.6. The number of carbonyl (C=O) groups excluding carboxylic acids is 2. The Bertz CT molecular complexity index is 968. The van der Waals surface area contributed by atoms with E-state index in [1.54, 1.807) is 6.20 Å². The molecular weight excluding hydrogens is 507 g/mol. The molecule has 1 N–H and O–H groups in total. The van der Waals surface area contributed by atoms with Gasteiger partial charge in [-0.3, -0.25) is 14.6 Å². The summed E-state index contributed by atoms with van der Waals surface area (Å²) in [5.74, 6) is 0.331. The second-order valence-corrected chi connectivity index (χ2v) is 9.65. The molecule has 2 aliphatic rings. The maximum Gasteiger partial charge on any atom is 0.229 e. The fourth-order valence-electron chi connectivity index (χ4n) is 5.10. The third-order valence-electron chi connectivity index (χ3n) is 7.18. The van der Waals surface area contributed by atoms with E-state index in [1.165, 1.54) is 0 Å². The summed E-state index contributed by atoms with van der Waals surface area (Å²) in [5, 5.41) is 3.81. The first-order valence-electron chi connectivity index (χ1n) is 12.0. The van der Waals surface area contributed by atoms with Crippen LogP contribution in [-0.4, -0.2) is 52.8 Å². The smallest absolute Gasteiger partial charge is 0.229 e. The van der Waals surface area contributed by atoms with E-state index in [9.17, 15) is 9.59 Å². The van der Waals surface area contributed by atoms with Gasteiger partial charge in [-0.25, -0.2) is 0 Å². The minimum atomic E-state index is -0.211. The van der Waals surface area contributed by atoms with Crippen molar-refractivity contribution in [3.05, 3.63) is 64.9 Å². The van der Waals surface area contributed by atoms with Gasteiger partial charge in [0.2, 0.25) is 11.8 Å². The van der Waals surface area contributed by atoms with Crippen LogP contribution < -0.4 is 5.32 Å². The van der Waals surface area contributed by atoms with Crippen molar-refractivity contribution in [1.82, 2.24) is 20.1 Å². The Morgan fingerprint density at radius 1 is 1.11 bits per heavy atom. The largest absolute Gasteiger partial charge is 0.349 e. The Balaban J connectivity index is 0.00000216. The molecule has 0 bridgehead atoms. The summed E-state index contributed by atoms with van der Waals surface area (Å²) in [6.07, 6.45) is 7.58. The summed E-state index contributed by atoms with van der Waals surface area (Å²) in [4.78, 5) is 34.0. The topological polar surface area (TPSA) is 65.5 Å². The zero-order valence-corrected chi connectivity index (χ0v) is 22.5. The van der Waals surface area contributed by atoms with E-state index in [1.807, 2.05) is 54.4 Å². The van der Waals surface area contributed by atoms with Crippen LogP contribution in [0.25, 0.3) is 0 Å². The van der Waals surface area contributed by atoms with Crippen LogP contribution in [0, 0.1) is 5.41 Å². The number of pyridine rings is 1. The highest BCUT2D eigenvalue weighted by Crippen LogP contribution is 2.42. The number of hydrogen-bond donors (Lipinski definition) is 1. The number of rotatable bonds is 8. The lowest BCUT2D eigenvalue weighted by Crippen LogP contribution is -2.45. The van der Waals surface area contributed by atoms with Crippen LogP contribution in [0.4, 0.5) is 0 Å². The van der Waals surface area contributed by atoms with E-state index in [2.05, 4.69) is 15.2 Å². The van der Waals surface area contributed by atoms with E-state index >= 15 is 0 Å². The first kappa shape index (κ1) is 29.4. The molecule has 2 aromatic rings. The molecule has 0 radical (unpaired) electrons. The van der Waals surface area contributed by atoms with Crippen molar-refractivity contribution in [3.63, 3.8) is 0 Å². The Kier molecular flexibility index (Phi) is 11.3. The average Bonchev–Trinajstić information content (AvgIpc) is 3.13. The summed E-state index contributed by atoms with van der Waals surface area (Å²) in [6.45, 7) is 6.01. The molecule has 0 aliphatic carbocycles. The van der Waals surface area contributed by atoms with Crippen LogP contribution >= 0.6 is 36.4 Å². The van der Waals surface area contributed by atoms with Crippen molar-refractivity contribution in [2.24, 2.45) is 5.41 Å². The van der Waals surface area contributed by atoms with Crippen LogP contribution in [-0.2, 0) is 16.1 Å². The number of likely N-dealkylation sites (tertiary alicyclic amines) is 2. The molecule has 2 saturated heterocycles. The molecular formula is C26H35Cl3N4O2. The normalized spacial score (nSPS) is 18.0. The van der Waals surface area contributed by atoms with Gasteiger partial charge in [0.15, 0.2) is 0 Å². The molecule has 2 aliphatic heterocycles. The minimum Gasteiger partial charge on any atom is -0.349 e. The van der Waals surface area contributed by atoms with Gasteiger partial charge in [0, 0.05) is 43.5 Å². The Morgan fingerprint density at radius 3 is 2.49 bits per heavy atom. The van der Waals surface area contributed by atoms with Gasteiger partial charge in [-0.05, 0) is 62.0 Å². The average molecular weight is 542 g/mol. The molecule has 3 heterocycles. The SMILES string of the molecule is CCC(=O)NC(CCN1CCC2(CC1)CCN(Cc1cccnc1)C2=O)c1ccccc1Cl.Cl.Cl. The summed E-state index contributed by atoms with van der Waals surface area (Å²) >= 11 is 6.43. The van der Waals surface area contributed by atoms with Gasteiger partial charge in [-0.1, -0.05) is 42.8 Å². The fraction of sp³-hybridized carbons (Fsp3) is 0.500. The van der Waals surface area contributed by atoms with E-state index in [0.29, 0.717) is 23.9 Å². The van der Waals surface area contributed by atoms with E-state index < -0.39 is 0 Å². The molecule has 35 heavy (non-hydrogen) atoms. The Labute approximate surface area is 225 Å². The molecule has 0 saturated carbocycles. The maximum absolute atomic E-state index is 13.3. The molecule has 1 unspecified atom stereocenters. The number of nitrogens with one attached hydrogen (secondary N) is 1. The predicted molar refractivity (Wildman–Crippen MR) is 144 cm³/mol. The van der Waals surface area contributed by atoms with Gasteiger partial charge in [-0.2, -0.15) is 0 Å². The van der Waals surface area contributed by atoms with E-state index in [0.717, 1.165) is 63.0 Å². The predicted octanol–water partition coefficient (Wildman–Crippen LogP) is 5.05. The van der Waals surface area contributed by atoms with Gasteiger partial charge in [-0.15, -0.1) is 24.8 Å². The van der Waals surface area contributed by atoms with Crippen molar-refractivity contribution in [3.8, 4) is 0 Å². The van der Waals surface area contributed by atoms with Gasteiger partial charge in [0.25, 0.3) is 0 Å². The summed E-state index contributed by atoms with van der Waals surface area (Å²) < 4.78 is 0. The first-order chi connectivity index (χ1) is 16.0. The number of piperidine rings is 1. The van der Waals surface area contributed by atoms with E-state index in [4.69, 9.17) is 11.6 Å². The van der Waals surface area contributed by atoms with E-state index in [-0.39, 0.29) is 42.2 Å². The second-order valence-electron chi connectivity index (χ2n) is 9.24. The fourth-order valence-corrected chi connectivity index (χ4v) is 5.36. The van der Waals surface area contributed by atoms with Crippen molar-refractivity contribution in [2.45, 2.75) is 51.6 Å². The number of carbonyl (C=O) groups is 2. The molecule has 4 rings (SSSR count). The number of aromatic nitrogens is 1. The number of nitrogens with zero attached hydrogens (tertiary/aromatic N) is 3. The molecule has 9 heteroatoms. The van der Waals surface area contributed by atoms with Gasteiger partial charge >= 0.3 is 0 Å². The summed E-state index contributed by atoms with van der Waals surface area (Å²) in [7, 11) is 0. The van der Waals surface area contributed by atoms with Crippen molar-refractivity contribution < 1.29 is 9.59 Å². The molecule has 1 aromatic carbocycles. The van der Waals surface area contributed by atoms with Crippen LogP contribution in [0.1, 0.15) is 56.2 Å². The number of amides is 2. The molecule has 192 valence electrons. The third kappa shape index (κ3) is 7.10. The Hall–Kier alpha value is -1.86. The zero-order chi connectivity index (χ0) is 23.3. The zero-order valence-electron chi connectivity index (χ0n) is 20.1. The summed E-state index contributed by atoms with van der Waals surface area (Å²) in [5.41, 5.74) is 1.84. The van der Waals surface area contributed by atoms with Crippen LogP contribution in [0.15, 0.2) is 48.8 Å². The highest BCUT2D eigenvalue weighted by molar-refractivity contribution is 6.31. The standard InChI is InChI=1S/C26H33ClN4O2.2ClH/c1-2-24(32)29-23(21-7-3-4-8-22(21)27)9-14-30-15-10-26(11-16-30)12-17-31(25(26)33)19-20-6-5-13-28-18-20;;/h3-8,13,18,23H,2,9-12,14-17,19H2,1H3,(H,29,32);2*1H. The van der Waals surface area contributed by atoms with Crippen LogP contribution in [0.5, 0.6) is 0 Å². The lowest BCUT2D eigenvalue weighted by Gasteiger charge is -2.38. The molecule has 1 spiro atoms. The lowest BCUT2D eigenvalue weighted by molar-refractivity contribution is -0.139. The van der Waals surface area contributed by atoms with Gasteiger partial charge < -0.3 is 15.1 Å². The first-order valence-corrected chi connectivity index (χ1v) is 12.3. The Morgan fingerprint density at radius 2 is 1.83 bits per heavy atom. The number of hydrogen-bond acceptors (Lipinski definition) is 4. The van der Waals surface area contributed by atoms with Crippen molar-refractivity contribution in [1.29, 1.82) is 0 Å². The number of benzene rings is 1. The van der Waals surface area contributed by atoms with Gasteiger partial charge in [0.05, 0.1) is 11.5 Å². The maximum atomic E-state index is 13.3. The molecule has 6 nitrogen and oxygen atoms in total. The molecule has 1 aromatic heterocycles. The number of halogens is 3. The quantitative estimate of drug-likeness (QED) is 0.508. The van der Waals surface area contributed by atoms with Gasteiger partial charge in [0.1, 0.15) is 0 Å². The minimum absolute atomic E-state index is 0. The molecule has 2 amide bonds. The lowest BCUT2D eigenvalue weighted by atomic mass is 9.77. The van der Waals surface area contributed by atoms with Crippen molar-refractivity contribution >= 4 is 48.2 Å². The highest BCUT2D eigenvalue weighted by atomic mass is 35.5. The van der Waals surface area contributed by atoms with Crippen LogP contribution in [0.2, 0.25) is 5.02 Å². The van der Waals surface area contributed by atoms with Crippen molar-refractivity contribution in [2.75, 3.05) is 26.2 Å². The van der Waals surface area contributed by atoms with Crippen LogP contribution in [0.3, 0.4) is 0 Å². The highest BCUT2D eigenvalue weighted by Gasteiger charge is 2.47. The third-order valence-corrected chi connectivity index (χ3v) is 7.53. The molecule has 1 atom stereocenters. The monoisotopic (exact) mass is 540 g/mol.